The molecule has 0 radical (unpaired) electrons. The van der Waals surface area contributed by atoms with Crippen molar-refractivity contribution in [1.82, 2.24) is 30.2 Å². The van der Waals surface area contributed by atoms with Gasteiger partial charge in [0.15, 0.2) is 0 Å². The summed E-state index contributed by atoms with van der Waals surface area (Å²) < 4.78 is 1.75. The van der Waals surface area contributed by atoms with Gasteiger partial charge in [-0.15, -0.1) is 16.4 Å². The SMILES string of the molecule is Cc1ccc(-n2nnnc2SCc2nc(N)c3c4c(sc3n2)CCCC4)cc1C. The van der Waals surface area contributed by atoms with Crippen LogP contribution in [0.15, 0.2) is 23.4 Å². The Morgan fingerprint density at radius 3 is 2.86 bits per heavy atom. The highest BCUT2D eigenvalue weighted by atomic mass is 32.2. The molecule has 7 nitrogen and oxygen atoms in total. The van der Waals surface area contributed by atoms with Gasteiger partial charge in [0.1, 0.15) is 16.5 Å². The zero-order valence-corrected chi connectivity index (χ0v) is 18.0. The molecule has 0 saturated carbocycles. The molecule has 4 aromatic rings. The molecular formula is C20H21N7S2. The third-order valence-corrected chi connectivity index (χ3v) is 7.50. The number of hydrogen-bond acceptors (Lipinski definition) is 8. The van der Waals surface area contributed by atoms with Crippen molar-refractivity contribution in [3.05, 3.63) is 45.6 Å². The molecule has 1 aliphatic rings. The minimum atomic E-state index is 0.563. The first-order valence-corrected chi connectivity index (χ1v) is 11.5. The summed E-state index contributed by atoms with van der Waals surface area (Å²) >= 11 is 3.28. The number of thiophene rings is 1. The lowest BCUT2D eigenvalue weighted by atomic mass is 9.97. The van der Waals surface area contributed by atoms with Crippen LogP contribution in [0.2, 0.25) is 0 Å². The van der Waals surface area contributed by atoms with E-state index in [4.69, 9.17) is 10.7 Å². The number of aromatic nitrogens is 6. The summed E-state index contributed by atoms with van der Waals surface area (Å²) in [7, 11) is 0. The van der Waals surface area contributed by atoms with Crippen LogP contribution in [-0.2, 0) is 18.6 Å². The number of hydrogen-bond donors (Lipinski definition) is 1. The van der Waals surface area contributed by atoms with E-state index in [1.807, 2.05) is 6.07 Å². The van der Waals surface area contributed by atoms with Crippen LogP contribution >= 0.6 is 23.1 Å². The minimum absolute atomic E-state index is 0.563. The molecule has 9 heteroatoms. The molecule has 5 rings (SSSR count). The van der Waals surface area contributed by atoms with Crippen LogP contribution in [0.25, 0.3) is 15.9 Å². The number of anilines is 1. The van der Waals surface area contributed by atoms with Crippen LogP contribution in [0, 0.1) is 13.8 Å². The number of rotatable bonds is 4. The Balaban J connectivity index is 1.42. The highest BCUT2D eigenvalue weighted by Gasteiger charge is 2.20. The molecule has 0 spiro atoms. The predicted molar refractivity (Wildman–Crippen MR) is 117 cm³/mol. The van der Waals surface area contributed by atoms with Gasteiger partial charge < -0.3 is 5.73 Å². The van der Waals surface area contributed by atoms with Gasteiger partial charge in [-0.25, -0.2) is 9.97 Å². The van der Waals surface area contributed by atoms with Crippen molar-refractivity contribution in [2.45, 2.75) is 50.4 Å². The molecule has 29 heavy (non-hydrogen) atoms. The first-order valence-electron chi connectivity index (χ1n) is 9.65. The summed E-state index contributed by atoms with van der Waals surface area (Å²) in [6.07, 6.45) is 4.68. The van der Waals surface area contributed by atoms with E-state index >= 15 is 0 Å². The van der Waals surface area contributed by atoms with Gasteiger partial charge in [0.2, 0.25) is 5.16 Å². The third-order valence-electron chi connectivity index (χ3n) is 5.40. The van der Waals surface area contributed by atoms with Gasteiger partial charge in [0.05, 0.1) is 16.8 Å². The van der Waals surface area contributed by atoms with Crippen LogP contribution in [-0.4, -0.2) is 30.2 Å². The summed E-state index contributed by atoms with van der Waals surface area (Å²) in [5.74, 6) is 1.88. The summed E-state index contributed by atoms with van der Waals surface area (Å²) in [5, 5.41) is 14.0. The average molecular weight is 424 g/mol. The number of tetrazole rings is 1. The van der Waals surface area contributed by atoms with Crippen molar-refractivity contribution in [2.75, 3.05) is 5.73 Å². The molecule has 0 atom stereocenters. The van der Waals surface area contributed by atoms with E-state index < -0.39 is 0 Å². The van der Waals surface area contributed by atoms with Gasteiger partial charge in [-0.1, -0.05) is 17.8 Å². The van der Waals surface area contributed by atoms with Gasteiger partial charge in [-0.05, 0) is 78.8 Å². The molecule has 148 valence electrons. The van der Waals surface area contributed by atoms with Crippen LogP contribution in [0.3, 0.4) is 0 Å². The standard InChI is InChI=1S/C20H21N7S2/c1-11-7-8-13(9-12(11)2)27-20(24-25-26-27)28-10-16-22-18(21)17-14-5-3-4-6-15(14)29-19(17)23-16/h7-9H,3-6,10H2,1-2H3,(H2,21,22,23). The number of nitrogens with zero attached hydrogens (tertiary/aromatic N) is 6. The molecule has 0 bridgehead atoms. The highest BCUT2D eigenvalue weighted by Crippen LogP contribution is 2.38. The maximum atomic E-state index is 6.33. The molecule has 0 amide bonds. The zero-order chi connectivity index (χ0) is 20.0. The van der Waals surface area contributed by atoms with Crippen molar-refractivity contribution >= 4 is 39.1 Å². The first kappa shape index (κ1) is 18.5. The van der Waals surface area contributed by atoms with E-state index in [2.05, 4.69) is 46.5 Å². The van der Waals surface area contributed by atoms with Gasteiger partial charge >= 0.3 is 0 Å². The Morgan fingerprint density at radius 1 is 1.14 bits per heavy atom. The van der Waals surface area contributed by atoms with Crippen LogP contribution in [0.1, 0.15) is 40.2 Å². The molecule has 0 fully saturated rings. The molecule has 3 heterocycles. The van der Waals surface area contributed by atoms with E-state index in [9.17, 15) is 0 Å². The van der Waals surface area contributed by atoms with Crippen molar-refractivity contribution < 1.29 is 0 Å². The van der Waals surface area contributed by atoms with Crippen molar-refractivity contribution in [3.8, 4) is 5.69 Å². The van der Waals surface area contributed by atoms with E-state index in [0.717, 1.165) is 28.7 Å². The average Bonchev–Trinajstić information content (AvgIpc) is 3.32. The highest BCUT2D eigenvalue weighted by molar-refractivity contribution is 7.98. The Kier molecular flexibility index (Phi) is 4.71. The normalized spacial score (nSPS) is 13.7. The van der Waals surface area contributed by atoms with Crippen molar-refractivity contribution in [1.29, 1.82) is 0 Å². The van der Waals surface area contributed by atoms with Gasteiger partial charge in [0.25, 0.3) is 0 Å². The third kappa shape index (κ3) is 3.38. The number of aryl methyl sites for hydroxylation is 4. The summed E-state index contributed by atoms with van der Waals surface area (Å²) in [6.45, 7) is 4.18. The molecule has 3 aromatic heterocycles. The zero-order valence-electron chi connectivity index (χ0n) is 16.3. The van der Waals surface area contributed by atoms with Gasteiger partial charge in [-0.2, -0.15) is 4.68 Å². The van der Waals surface area contributed by atoms with Crippen molar-refractivity contribution in [2.24, 2.45) is 0 Å². The summed E-state index contributed by atoms with van der Waals surface area (Å²) in [6, 6.07) is 6.20. The second-order valence-electron chi connectivity index (χ2n) is 7.35. The van der Waals surface area contributed by atoms with Gasteiger partial charge in [0, 0.05) is 4.88 Å². The fourth-order valence-electron chi connectivity index (χ4n) is 3.71. The molecule has 1 aliphatic carbocycles. The summed E-state index contributed by atoms with van der Waals surface area (Å²) in [5.41, 5.74) is 11.1. The fraction of sp³-hybridized carbons (Fsp3) is 0.350. The quantitative estimate of drug-likeness (QED) is 0.495. The topological polar surface area (TPSA) is 95.4 Å². The molecule has 1 aromatic carbocycles. The van der Waals surface area contributed by atoms with Crippen LogP contribution in [0.5, 0.6) is 0 Å². The molecule has 2 N–H and O–H groups in total. The van der Waals surface area contributed by atoms with Crippen molar-refractivity contribution in [3.63, 3.8) is 0 Å². The molecule has 0 unspecified atom stereocenters. The molecule has 0 aliphatic heterocycles. The number of nitrogen functional groups attached to an aromatic ring is 1. The second kappa shape index (κ2) is 7.38. The maximum Gasteiger partial charge on any atom is 0.214 e. The van der Waals surface area contributed by atoms with E-state index in [-0.39, 0.29) is 0 Å². The Bertz CT molecular complexity index is 1210. The number of nitrogens with two attached hydrogens (primary N) is 1. The number of benzene rings is 1. The van der Waals surface area contributed by atoms with E-state index in [0.29, 0.717) is 22.6 Å². The minimum Gasteiger partial charge on any atom is -0.383 e. The smallest absolute Gasteiger partial charge is 0.214 e. The lowest BCUT2D eigenvalue weighted by Gasteiger charge is -2.10. The van der Waals surface area contributed by atoms with E-state index in [1.165, 1.54) is 46.2 Å². The lowest BCUT2D eigenvalue weighted by Crippen LogP contribution is -2.03. The Morgan fingerprint density at radius 2 is 2.00 bits per heavy atom. The molecular weight excluding hydrogens is 402 g/mol. The maximum absolute atomic E-state index is 6.33. The lowest BCUT2D eigenvalue weighted by molar-refractivity contribution is 0.700. The first-order chi connectivity index (χ1) is 14.1. The number of fused-ring (bicyclic) bond motifs is 3. The Hall–Kier alpha value is -2.52. The largest absolute Gasteiger partial charge is 0.383 e. The summed E-state index contributed by atoms with van der Waals surface area (Å²) in [4.78, 5) is 11.8. The Labute approximate surface area is 176 Å². The monoisotopic (exact) mass is 423 g/mol. The fourth-order valence-corrected chi connectivity index (χ4v) is 5.75. The van der Waals surface area contributed by atoms with Gasteiger partial charge in [-0.3, -0.25) is 0 Å². The van der Waals surface area contributed by atoms with Crippen LogP contribution in [0.4, 0.5) is 5.82 Å². The second-order valence-corrected chi connectivity index (χ2v) is 9.37. The van der Waals surface area contributed by atoms with E-state index in [1.54, 1.807) is 16.0 Å². The van der Waals surface area contributed by atoms with Crippen LogP contribution < -0.4 is 5.73 Å². The molecule has 0 saturated heterocycles. The predicted octanol–water partition coefficient (Wildman–Crippen LogP) is 4.04. The number of thioether (sulfide) groups is 1.